The first-order valence-corrected chi connectivity index (χ1v) is 7.67. The summed E-state index contributed by atoms with van der Waals surface area (Å²) in [5.41, 5.74) is 6.11. The first-order valence-electron chi connectivity index (χ1n) is 7.67. The Bertz CT molecular complexity index is 786. The summed E-state index contributed by atoms with van der Waals surface area (Å²) < 4.78 is 5.25. The van der Waals surface area contributed by atoms with Crippen LogP contribution in [0, 0.1) is 0 Å². The summed E-state index contributed by atoms with van der Waals surface area (Å²) in [5, 5.41) is 0.477. The second-order valence-corrected chi connectivity index (χ2v) is 5.76. The molecule has 122 valence electrons. The van der Waals surface area contributed by atoms with E-state index in [1.54, 1.807) is 23.1 Å². The van der Waals surface area contributed by atoms with Crippen LogP contribution in [0.5, 0.6) is 5.75 Å². The standard InChI is InChI=1S/C16H20N4O3/c1-23-12-4-2-3-11-15(12)18-13(19-16(11)22)5-6-14(21)20-8-7-10(17)9-20/h2-4,10H,5-9,17H2,1H3,(H,18,19,22). The third-order valence-electron chi connectivity index (χ3n) is 4.12. The Kier molecular flexibility index (Phi) is 4.29. The fourth-order valence-electron chi connectivity index (χ4n) is 2.86. The van der Waals surface area contributed by atoms with Crippen molar-refractivity contribution in [2.24, 2.45) is 5.73 Å². The number of hydrogen-bond acceptors (Lipinski definition) is 5. The number of fused-ring (bicyclic) bond motifs is 1. The van der Waals surface area contributed by atoms with Crippen molar-refractivity contribution in [2.45, 2.75) is 25.3 Å². The number of likely N-dealkylation sites (tertiary alicyclic amines) is 1. The number of benzene rings is 1. The van der Waals surface area contributed by atoms with Gasteiger partial charge in [-0.3, -0.25) is 9.59 Å². The minimum absolute atomic E-state index is 0.0423. The molecule has 1 aromatic carbocycles. The van der Waals surface area contributed by atoms with Gasteiger partial charge < -0.3 is 20.4 Å². The Balaban J connectivity index is 1.78. The van der Waals surface area contributed by atoms with Crippen LogP contribution >= 0.6 is 0 Å². The van der Waals surface area contributed by atoms with Crippen molar-refractivity contribution < 1.29 is 9.53 Å². The summed E-state index contributed by atoms with van der Waals surface area (Å²) in [6, 6.07) is 5.28. The van der Waals surface area contributed by atoms with Gasteiger partial charge in [-0.2, -0.15) is 0 Å². The van der Waals surface area contributed by atoms with Gasteiger partial charge in [0.15, 0.2) is 0 Å². The highest BCUT2D eigenvalue weighted by Crippen LogP contribution is 2.20. The number of nitrogens with one attached hydrogen (secondary N) is 1. The molecule has 7 heteroatoms. The number of hydrogen-bond donors (Lipinski definition) is 2. The van der Waals surface area contributed by atoms with Gasteiger partial charge in [-0.05, 0) is 18.6 Å². The van der Waals surface area contributed by atoms with Gasteiger partial charge in [0.05, 0.1) is 12.5 Å². The van der Waals surface area contributed by atoms with E-state index >= 15 is 0 Å². The van der Waals surface area contributed by atoms with Crippen LogP contribution < -0.4 is 16.0 Å². The number of amides is 1. The number of aryl methyl sites for hydroxylation is 1. The fourth-order valence-corrected chi connectivity index (χ4v) is 2.86. The molecule has 0 aliphatic carbocycles. The van der Waals surface area contributed by atoms with Crippen LogP contribution in [0.2, 0.25) is 0 Å². The smallest absolute Gasteiger partial charge is 0.258 e. The molecule has 1 aliphatic heterocycles. The van der Waals surface area contributed by atoms with Crippen molar-refractivity contribution in [1.82, 2.24) is 14.9 Å². The van der Waals surface area contributed by atoms with E-state index in [0.717, 1.165) is 6.42 Å². The molecule has 1 saturated heterocycles. The van der Waals surface area contributed by atoms with E-state index in [1.807, 2.05) is 0 Å². The lowest BCUT2D eigenvalue weighted by Gasteiger charge is -2.15. The molecule has 3 rings (SSSR count). The van der Waals surface area contributed by atoms with E-state index in [1.165, 1.54) is 7.11 Å². The first-order chi connectivity index (χ1) is 11.1. The minimum Gasteiger partial charge on any atom is -0.494 e. The number of aromatic nitrogens is 2. The molecule has 3 N–H and O–H groups in total. The first kappa shape index (κ1) is 15.5. The van der Waals surface area contributed by atoms with Gasteiger partial charge >= 0.3 is 0 Å². The number of methoxy groups -OCH3 is 1. The number of para-hydroxylation sites is 1. The normalized spacial score (nSPS) is 17.7. The summed E-state index contributed by atoms with van der Waals surface area (Å²) in [6.07, 6.45) is 1.53. The molecular formula is C16H20N4O3. The predicted molar refractivity (Wildman–Crippen MR) is 86.4 cm³/mol. The third-order valence-corrected chi connectivity index (χ3v) is 4.12. The summed E-state index contributed by atoms with van der Waals surface area (Å²) in [7, 11) is 1.54. The lowest BCUT2D eigenvalue weighted by atomic mass is 10.2. The lowest BCUT2D eigenvalue weighted by Crippen LogP contribution is -2.32. The second kappa shape index (κ2) is 6.37. The molecule has 2 heterocycles. The number of rotatable bonds is 4. The molecule has 0 radical (unpaired) electrons. The van der Waals surface area contributed by atoms with E-state index in [2.05, 4.69) is 9.97 Å². The van der Waals surface area contributed by atoms with E-state index in [-0.39, 0.29) is 17.5 Å². The zero-order valence-electron chi connectivity index (χ0n) is 13.0. The highest BCUT2D eigenvalue weighted by molar-refractivity contribution is 5.83. The van der Waals surface area contributed by atoms with Gasteiger partial charge in [0.2, 0.25) is 5.91 Å². The molecule has 0 saturated carbocycles. The Morgan fingerprint density at radius 2 is 2.35 bits per heavy atom. The number of nitrogens with two attached hydrogens (primary N) is 1. The molecular weight excluding hydrogens is 296 g/mol. The molecule has 1 aliphatic rings. The quantitative estimate of drug-likeness (QED) is 0.851. The van der Waals surface area contributed by atoms with E-state index in [0.29, 0.717) is 48.4 Å². The number of carbonyl (C=O) groups excluding carboxylic acids is 1. The molecule has 1 amide bonds. The Morgan fingerprint density at radius 3 is 3.04 bits per heavy atom. The Hall–Kier alpha value is -2.41. The maximum absolute atomic E-state index is 12.2. The predicted octanol–water partition coefficient (Wildman–Crippen LogP) is 0.424. The molecule has 2 aromatic rings. The fraction of sp³-hybridized carbons (Fsp3) is 0.438. The Morgan fingerprint density at radius 1 is 1.52 bits per heavy atom. The van der Waals surface area contributed by atoms with Crippen LogP contribution in [0.15, 0.2) is 23.0 Å². The van der Waals surface area contributed by atoms with Gasteiger partial charge in [0, 0.05) is 32.0 Å². The van der Waals surface area contributed by atoms with Gasteiger partial charge in [0.1, 0.15) is 17.1 Å². The maximum Gasteiger partial charge on any atom is 0.258 e. The zero-order valence-corrected chi connectivity index (χ0v) is 13.0. The average molecular weight is 316 g/mol. The van der Waals surface area contributed by atoms with E-state index in [4.69, 9.17) is 10.5 Å². The van der Waals surface area contributed by atoms with Gasteiger partial charge in [-0.25, -0.2) is 4.98 Å². The molecule has 0 bridgehead atoms. The number of nitrogens with zero attached hydrogens (tertiary/aromatic N) is 2. The summed E-state index contributed by atoms with van der Waals surface area (Å²) in [5.74, 6) is 1.08. The summed E-state index contributed by atoms with van der Waals surface area (Å²) >= 11 is 0. The highest BCUT2D eigenvalue weighted by Gasteiger charge is 2.23. The van der Waals surface area contributed by atoms with Crippen LogP contribution in [-0.2, 0) is 11.2 Å². The van der Waals surface area contributed by atoms with Crippen LogP contribution in [0.3, 0.4) is 0 Å². The zero-order chi connectivity index (χ0) is 16.4. The van der Waals surface area contributed by atoms with Gasteiger partial charge in [0.25, 0.3) is 5.56 Å². The molecule has 1 atom stereocenters. The van der Waals surface area contributed by atoms with Gasteiger partial charge in [-0.1, -0.05) is 6.07 Å². The van der Waals surface area contributed by atoms with E-state index in [9.17, 15) is 9.59 Å². The SMILES string of the molecule is COc1cccc2c(=O)[nH]c(CCC(=O)N3CCC(N)C3)nc12. The van der Waals surface area contributed by atoms with Gasteiger partial charge in [-0.15, -0.1) is 0 Å². The summed E-state index contributed by atoms with van der Waals surface area (Å²) in [4.78, 5) is 33.3. The highest BCUT2D eigenvalue weighted by atomic mass is 16.5. The number of carbonyl (C=O) groups is 1. The number of aromatic amines is 1. The third kappa shape index (κ3) is 3.19. The van der Waals surface area contributed by atoms with Crippen molar-refractivity contribution in [3.63, 3.8) is 0 Å². The molecule has 1 aromatic heterocycles. The number of H-pyrrole nitrogens is 1. The van der Waals surface area contributed by atoms with Crippen LogP contribution in [0.1, 0.15) is 18.7 Å². The van der Waals surface area contributed by atoms with Crippen LogP contribution in [-0.4, -0.2) is 47.0 Å². The monoisotopic (exact) mass is 316 g/mol. The second-order valence-electron chi connectivity index (χ2n) is 5.76. The molecule has 23 heavy (non-hydrogen) atoms. The van der Waals surface area contributed by atoms with Crippen LogP contribution in [0.4, 0.5) is 0 Å². The lowest BCUT2D eigenvalue weighted by molar-refractivity contribution is -0.130. The molecule has 1 fully saturated rings. The molecule has 0 spiro atoms. The largest absolute Gasteiger partial charge is 0.494 e. The topological polar surface area (TPSA) is 101 Å². The molecule has 7 nitrogen and oxygen atoms in total. The average Bonchev–Trinajstić information content (AvgIpc) is 2.99. The minimum atomic E-state index is -0.223. The molecule has 1 unspecified atom stereocenters. The van der Waals surface area contributed by atoms with Crippen molar-refractivity contribution in [3.05, 3.63) is 34.4 Å². The van der Waals surface area contributed by atoms with Crippen molar-refractivity contribution >= 4 is 16.8 Å². The van der Waals surface area contributed by atoms with Crippen molar-refractivity contribution in [2.75, 3.05) is 20.2 Å². The van der Waals surface area contributed by atoms with Crippen LogP contribution in [0.25, 0.3) is 10.9 Å². The van der Waals surface area contributed by atoms with Crippen molar-refractivity contribution in [3.8, 4) is 5.75 Å². The van der Waals surface area contributed by atoms with Crippen molar-refractivity contribution in [1.29, 1.82) is 0 Å². The number of ether oxygens (including phenoxy) is 1. The van der Waals surface area contributed by atoms with E-state index < -0.39 is 0 Å². The Labute approximate surface area is 133 Å². The summed E-state index contributed by atoms with van der Waals surface area (Å²) in [6.45, 7) is 1.31. The maximum atomic E-state index is 12.2.